The highest BCUT2D eigenvalue weighted by atomic mass is 32.2. The molecule has 0 aliphatic rings. The van der Waals surface area contributed by atoms with E-state index in [1.807, 2.05) is 17.8 Å². The van der Waals surface area contributed by atoms with E-state index in [4.69, 9.17) is 0 Å². The number of hydrogen-bond donors (Lipinski definition) is 1. The van der Waals surface area contributed by atoms with Crippen LogP contribution in [0.4, 0.5) is 0 Å². The molecule has 0 saturated carbocycles. The molecule has 68 valence electrons. The molecule has 0 aliphatic carbocycles. The molecule has 2 rings (SSSR count). The van der Waals surface area contributed by atoms with E-state index in [0.29, 0.717) is 0 Å². The van der Waals surface area contributed by atoms with Crippen molar-refractivity contribution in [2.45, 2.75) is 10.6 Å². The van der Waals surface area contributed by atoms with Crippen molar-refractivity contribution in [3.63, 3.8) is 0 Å². The monoisotopic (exact) mass is 195 g/mol. The second kappa shape index (κ2) is 3.61. The summed E-state index contributed by atoms with van der Waals surface area (Å²) in [5, 5.41) is 13.6. The Kier molecular flexibility index (Phi) is 2.31. The van der Waals surface area contributed by atoms with Crippen molar-refractivity contribution in [3.8, 4) is 0 Å². The van der Waals surface area contributed by atoms with E-state index in [0.717, 1.165) is 11.6 Å². The molecule has 0 radical (unpaired) electrons. The van der Waals surface area contributed by atoms with Crippen LogP contribution in [0.3, 0.4) is 0 Å². The Morgan fingerprint density at radius 3 is 3.15 bits per heavy atom. The van der Waals surface area contributed by atoms with E-state index in [1.165, 1.54) is 4.90 Å². The third kappa shape index (κ3) is 2.09. The van der Waals surface area contributed by atoms with Crippen LogP contribution < -0.4 is 0 Å². The normalized spacial score (nSPS) is 10.5. The Labute approximate surface area is 79.5 Å². The van der Waals surface area contributed by atoms with E-state index < -0.39 is 0 Å². The van der Waals surface area contributed by atoms with Gasteiger partial charge in [0, 0.05) is 24.3 Å². The SMILES string of the molecule is Cn1ccc(SCc2nn[nH]n2)c1. The summed E-state index contributed by atoms with van der Waals surface area (Å²) in [6.45, 7) is 0. The third-order valence-electron chi connectivity index (χ3n) is 1.56. The van der Waals surface area contributed by atoms with Crippen LogP contribution in [0.15, 0.2) is 23.4 Å². The van der Waals surface area contributed by atoms with Crippen molar-refractivity contribution in [3.05, 3.63) is 24.3 Å². The van der Waals surface area contributed by atoms with Crippen LogP contribution in [0.1, 0.15) is 5.82 Å². The van der Waals surface area contributed by atoms with Crippen LogP contribution in [0.5, 0.6) is 0 Å². The molecule has 0 amide bonds. The topological polar surface area (TPSA) is 59.4 Å². The molecule has 5 nitrogen and oxygen atoms in total. The van der Waals surface area contributed by atoms with Gasteiger partial charge in [-0.1, -0.05) is 5.21 Å². The molecule has 0 spiro atoms. The zero-order chi connectivity index (χ0) is 9.10. The van der Waals surface area contributed by atoms with Crippen molar-refractivity contribution in [2.24, 2.45) is 7.05 Å². The molecule has 0 unspecified atom stereocenters. The number of aryl methyl sites for hydroxylation is 1. The first-order chi connectivity index (χ1) is 6.34. The van der Waals surface area contributed by atoms with E-state index in [9.17, 15) is 0 Å². The lowest BCUT2D eigenvalue weighted by Gasteiger charge is -1.91. The Hall–Kier alpha value is -1.30. The molecule has 2 aromatic rings. The van der Waals surface area contributed by atoms with Gasteiger partial charge in [-0.3, -0.25) is 0 Å². The first kappa shape index (κ1) is 8.31. The molecular weight excluding hydrogens is 186 g/mol. The first-order valence-corrected chi connectivity index (χ1v) is 4.80. The number of nitrogens with one attached hydrogen (secondary N) is 1. The van der Waals surface area contributed by atoms with Crippen molar-refractivity contribution in [1.29, 1.82) is 0 Å². The summed E-state index contributed by atoms with van der Waals surface area (Å²) in [6, 6.07) is 2.06. The van der Waals surface area contributed by atoms with Gasteiger partial charge in [0.15, 0.2) is 5.82 Å². The maximum atomic E-state index is 3.86. The predicted molar refractivity (Wildman–Crippen MR) is 49.2 cm³/mol. The quantitative estimate of drug-likeness (QED) is 0.737. The lowest BCUT2D eigenvalue weighted by Crippen LogP contribution is -1.83. The molecule has 2 heterocycles. The minimum Gasteiger partial charge on any atom is -0.356 e. The fraction of sp³-hybridized carbons (Fsp3) is 0.286. The molecule has 0 bridgehead atoms. The molecule has 0 aliphatic heterocycles. The van der Waals surface area contributed by atoms with Crippen LogP contribution in [0.2, 0.25) is 0 Å². The number of aromatic nitrogens is 5. The number of thioether (sulfide) groups is 1. The maximum Gasteiger partial charge on any atom is 0.184 e. The standard InChI is InChI=1S/C7H9N5S/c1-12-3-2-6(4-12)13-5-7-8-10-11-9-7/h2-4H,5H2,1H3,(H,8,9,10,11). The zero-order valence-corrected chi connectivity index (χ0v) is 7.95. The second-order valence-electron chi connectivity index (χ2n) is 2.63. The van der Waals surface area contributed by atoms with E-state index in [1.54, 1.807) is 11.8 Å². The van der Waals surface area contributed by atoms with E-state index in [-0.39, 0.29) is 0 Å². The van der Waals surface area contributed by atoms with Gasteiger partial charge in [0.25, 0.3) is 0 Å². The Balaban J connectivity index is 1.93. The summed E-state index contributed by atoms with van der Waals surface area (Å²) in [5.41, 5.74) is 0. The smallest absolute Gasteiger partial charge is 0.184 e. The predicted octanol–water partition coefficient (Wildman–Crippen LogP) is 0.831. The van der Waals surface area contributed by atoms with Crippen molar-refractivity contribution in [2.75, 3.05) is 0 Å². The van der Waals surface area contributed by atoms with Gasteiger partial charge in [-0.15, -0.1) is 22.0 Å². The summed E-state index contributed by atoms with van der Waals surface area (Å²) < 4.78 is 2.01. The fourth-order valence-electron chi connectivity index (χ4n) is 0.955. The Bertz CT molecular complexity index is 366. The van der Waals surface area contributed by atoms with Crippen molar-refractivity contribution >= 4 is 11.8 Å². The van der Waals surface area contributed by atoms with Crippen LogP contribution in [0.25, 0.3) is 0 Å². The molecule has 0 saturated heterocycles. The van der Waals surface area contributed by atoms with Gasteiger partial charge in [-0.25, -0.2) is 0 Å². The third-order valence-corrected chi connectivity index (χ3v) is 2.54. The molecular formula is C7H9N5S. The highest BCUT2D eigenvalue weighted by Crippen LogP contribution is 2.20. The van der Waals surface area contributed by atoms with Gasteiger partial charge in [0.2, 0.25) is 0 Å². The van der Waals surface area contributed by atoms with Gasteiger partial charge in [0.1, 0.15) is 0 Å². The van der Waals surface area contributed by atoms with E-state index in [2.05, 4.69) is 32.9 Å². The number of nitrogens with zero attached hydrogens (tertiary/aromatic N) is 4. The minimum absolute atomic E-state index is 0.730. The molecule has 13 heavy (non-hydrogen) atoms. The van der Waals surface area contributed by atoms with Crippen molar-refractivity contribution < 1.29 is 0 Å². The Morgan fingerprint density at radius 1 is 1.62 bits per heavy atom. The van der Waals surface area contributed by atoms with Crippen LogP contribution >= 0.6 is 11.8 Å². The van der Waals surface area contributed by atoms with Crippen LogP contribution in [-0.4, -0.2) is 25.2 Å². The lowest BCUT2D eigenvalue weighted by molar-refractivity contribution is 0.881. The summed E-state index contributed by atoms with van der Waals surface area (Å²) in [5.74, 6) is 1.48. The number of aromatic amines is 1. The zero-order valence-electron chi connectivity index (χ0n) is 7.14. The van der Waals surface area contributed by atoms with Crippen LogP contribution in [-0.2, 0) is 12.8 Å². The van der Waals surface area contributed by atoms with Gasteiger partial charge in [0.05, 0.1) is 5.75 Å². The maximum absolute atomic E-state index is 3.86. The molecule has 6 heteroatoms. The number of tetrazole rings is 1. The highest BCUT2D eigenvalue weighted by molar-refractivity contribution is 7.98. The summed E-state index contributed by atoms with van der Waals surface area (Å²) in [4.78, 5) is 1.22. The number of hydrogen-bond acceptors (Lipinski definition) is 4. The molecule has 0 aromatic carbocycles. The largest absolute Gasteiger partial charge is 0.356 e. The van der Waals surface area contributed by atoms with Gasteiger partial charge in [-0.05, 0) is 6.07 Å². The van der Waals surface area contributed by atoms with E-state index >= 15 is 0 Å². The van der Waals surface area contributed by atoms with Gasteiger partial charge in [-0.2, -0.15) is 5.21 Å². The van der Waals surface area contributed by atoms with Crippen molar-refractivity contribution in [1.82, 2.24) is 25.2 Å². The highest BCUT2D eigenvalue weighted by Gasteiger charge is 2.00. The number of H-pyrrole nitrogens is 1. The van der Waals surface area contributed by atoms with Gasteiger partial charge >= 0.3 is 0 Å². The first-order valence-electron chi connectivity index (χ1n) is 3.82. The van der Waals surface area contributed by atoms with Crippen LogP contribution in [0, 0.1) is 0 Å². The lowest BCUT2D eigenvalue weighted by atomic mass is 10.7. The summed E-state index contributed by atoms with van der Waals surface area (Å²) in [6.07, 6.45) is 4.07. The fourth-order valence-corrected chi connectivity index (χ4v) is 1.77. The number of rotatable bonds is 3. The molecule has 2 aromatic heterocycles. The molecule has 0 atom stereocenters. The molecule has 0 fully saturated rings. The minimum atomic E-state index is 0.730. The average molecular weight is 195 g/mol. The molecule has 1 N–H and O–H groups in total. The summed E-state index contributed by atoms with van der Waals surface area (Å²) >= 11 is 1.69. The average Bonchev–Trinajstić information content (AvgIpc) is 2.71. The second-order valence-corrected chi connectivity index (χ2v) is 3.68. The van der Waals surface area contributed by atoms with Gasteiger partial charge < -0.3 is 4.57 Å². The Morgan fingerprint density at radius 2 is 2.54 bits per heavy atom. The summed E-state index contributed by atoms with van der Waals surface area (Å²) in [7, 11) is 2.00.